The number of methoxy groups -OCH3 is 3. The summed E-state index contributed by atoms with van der Waals surface area (Å²) in [6.07, 6.45) is 0.445. The summed E-state index contributed by atoms with van der Waals surface area (Å²) in [4.78, 5) is 14.9. The Morgan fingerprint density at radius 3 is 2.27 bits per heavy atom. The molecule has 6 nitrogen and oxygen atoms in total. The lowest BCUT2D eigenvalue weighted by Gasteiger charge is -2.39. The normalized spacial score (nSPS) is 15.9. The van der Waals surface area contributed by atoms with Crippen LogP contribution in [0.25, 0.3) is 0 Å². The van der Waals surface area contributed by atoms with Gasteiger partial charge in [0.1, 0.15) is 23.4 Å². The van der Waals surface area contributed by atoms with E-state index in [4.69, 9.17) is 14.2 Å². The van der Waals surface area contributed by atoms with E-state index in [1.54, 1.807) is 33.5 Å². The average molecular weight is 356 g/mol. The Balaban J connectivity index is 2.16. The summed E-state index contributed by atoms with van der Waals surface area (Å²) in [6, 6.07) is 11.1. The summed E-state index contributed by atoms with van der Waals surface area (Å²) < 4.78 is 16.5. The van der Waals surface area contributed by atoms with Crippen LogP contribution in [0, 0.1) is 0 Å². The van der Waals surface area contributed by atoms with Crippen LogP contribution in [0.5, 0.6) is 17.2 Å². The van der Waals surface area contributed by atoms with E-state index in [0.717, 1.165) is 17.7 Å². The third-order valence-corrected chi connectivity index (χ3v) is 4.51. The Labute approximate surface area is 153 Å². The summed E-state index contributed by atoms with van der Waals surface area (Å²) in [5.74, 6) is 1.83. The molecule has 0 bridgehead atoms. The van der Waals surface area contributed by atoms with E-state index >= 15 is 0 Å². The molecule has 0 radical (unpaired) electrons. The number of carbonyl (C=O) groups excluding carboxylic acids is 1. The molecule has 2 aromatic carbocycles. The van der Waals surface area contributed by atoms with E-state index in [1.807, 2.05) is 36.1 Å². The first kappa shape index (κ1) is 17.9. The molecule has 1 atom stereocenters. The molecular weight excluding hydrogens is 332 g/mol. The Kier molecular flexibility index (Phi) is 5.21. The number of ether oxygens (including phenoxy) is 3. The predicted molar refractivity (Wildman–Crippen MR) is 100 cm³/mol. The van der Waals surface area contributed by atoms with Gasteiger partial charge in [-0.2, -0.15) is 0 Å². The predicted octanol–water partition coefficient (Wildman–Crippen LogP) is 3.69. The number of carbonyl (C=O) groups is 1. The van der Waals surface area contributed by atoms with Crippen LogP contribution in [0.3, 0.4) is 0 Å². The van der Waals surface area contributed by atoms with Crippen molar-refractivity contribution in [3.8, 4) is 17.2 Å². The highest BCUT2D eigenvalue weighted by Gasteiger charge is 2.36. The first-order valence-corrected chi connectivity index (χ1v) is 8.61. The molecule has 138 valence electrons. The zero-order chi connectivity index (χ0) is 18.7. The topological polar surface area (TPSA) is 60.0 Å². The minimum Gasteiger partial charge on any atom is -0.496 e. The average Bonchev–Trinajstić information content (AvgIpc) is 2.69. The number of nitrogens with one attached hydrogen (secondary N) is 1. The van der Waals surface area contributed by atoms with Gasteiger partial charge in [-0.25, -0.2) is 0 Å². The maximum Gasteiger partial charge on any atom is 0.257 e. The third kappa shape index (κ3) is 3.03. The summed E-state index contributed by atoms with van der Waals surface area (Å²) in [5, 5.41) is 3.47. The number of fused-ring (bicyclic) bond motifs is 1. The molecule has 0 unspecified atom stereocenters. The molecule has 1 N–H and O–H groups in total. The molecule has 1 aliphatic rings. The first-order chi connectivity index (χ1) is 12.6. The van der Waals surface area contributed by atoms with Gasteiger partial charge in [-0.05, 0) is 18.6 Å². The molecule has 26 heavy (non-hydrogen) atoms. The van der Waals surface area contributed by atoms with Gasteiger partial charge in [0, 0.05) is 24.4 Å². The molecule has 0 fully saturated rings. The van der Waals surface area contributed by atoms with Gasteiger partial charge in [-0.3, -0.25) is 4.79 Å². The molecule has 6 heteroatoms. The highest BCUT2D eigenvalue weighted by molar-refractivity contribution is 6.01. The smallest absolute Gasteiger partial charge is 0.257 e. The van der Waals surface area contributed by atoms with Gasteiger partial charge in [-0.15, -0.1) is 0 Å². The highest BCUT2D eigenvalue weighted by atomic mass is 16.5. The van der Waals surface area contributed by atoms with E-state index in [2.05, 4.69) is 5.32 Å². The fraction of sp³-hybridized carbons (Fsp3) is 0.350. The quantitative estimate of drug-likeness (QED) is 0.855. The lowest BCUT2D eigenvalue weighted by Crippen LogP contribution is -2.43. The number of para-hydroxylation sites is 1. The number of nitrogens with zero attached hydrogens (tertiary/aromatic N) is 1. The number of anilines is 1. The van der Waals surface area contributed by atoms with E-state index in [0.29, 0.717) is 29.4 Å². The van der Waals surface area contributed by atoms with Crippen molar-refractivity contribution in [1.29, 1.82) is 0 Å². The van der Waals surface area contributed by atoms with Gasteiger partial charge in [0.25, 0.3) is 5.91 Å². The molecule has 0 aliphatic carbocycles. The maximum atomic E-state index is 13.1. The zero-order valence-corrected chi connectivity index (χ0v) is 15.5. The minimum absolute atomic E-state index is 0.00822. The van der Waals surface area contributed by atoms with Crippen molar-refractivity contribution in [2.24, 2.45) is 0 Å². The molecule has 0 aromatic heterocycles. The van der Waals surface area contributed by atoms with Crippen molar-refractivity contribution >= 4 is 11.6 Å². The number of rotatable bonds is 6. The second-order valence-corrected chi connectivity index (χ2v) is 6.04. The standard InChI is InChI=1S/C20H24N2O4/c1-5-10-22-19(21-15-9-7-6-8-14(15)20(22)23)18-16(25-3)11-13(24-2)12-17(18)26-4/h6-9,11-12,19,21H,5,10H2,1-4H3/t19-/m0/s1. The summed E-state index contributed by atoms with van der Waals surface area (Å²) in [6.45, 7) is 2.66. The van der Waals surface area contributed by atoms with Gasteiger partial charge in [0.15, 0.2) is 0 Å². The van der Waals surface area contributed by atoms with Gasteiger partial charge in [-0.1, -0.05) is 19.1 Å². The van der Waals surface area contributed by atoms with Gasteiger partial charge in [0.05, 0.1) is 32.5 Å². The molecule has 0 saturated carbocycles. The van der Waals surface area contributed by atoms with Gasteiger partial charge >= 0.3 is 0 Å². The number of amides is 1. The van der Waals surface area contributed by atoms with Crippen LogP contribution in [0.1, 0.15) is 35.4 Å². The Morgan fingerprint density at radius 2 is 1.69 bits per heavy atom. The first-order valence-electron chi connectivity index (χ1n) is 8.61. The van der Waals surface area contributed by atoms with Crippen LogP contribution in [-0.4, -0.2) is 38.7 Å². The summed E-state index contributed by atoms with van der Waals surface area (Å²) in [7, 11) is 4.79. The Morgan fingerprint density at radius 1 is 1.04 bits per heavy atom. The molecular formula is C20H24N2O4. The molecule has 2 aromatic rings. The zero-order valence-electron chi connectivity index (χ0n) is 15.5. The number of hydrogen-bond donors (Lipinski definition) is 1. The van der Waals surface area contributed by atoms with Crippen molar-refractivity contribution in [3.05, 3.63) is 47.5 Å². The van der Waals surface area contributed by atoms with Crippen molar-refractivity contribution in [2.45, 2.75) is 19.5 Å². The summed E-state index contributed by atoms with van der Waals surface area (Å²) in [5.41, 5.74) is 2.24. The second-order valence-electron chi connectivity index (χ2n) is 6.04. The van der Waals surface area contributed by atoms with Crippen LogP contribution >= 0.6 is 0 Å². The number of hydrogen-bond acceptors (Lipinski definition) is 5. The molecule has 0 spiro atoms. The van der Waals surface area contributed by atoms with Gasteiger partial charge < -0.3 is 24.4 Å². The van der Waals surface area contributed by atoms with Crippen LogP contribution in [0.2, 0.25) is 0 Å². The van der Waals surface area contributed by atoms with Crippen molar-refractivity contribution < 1.29 is 19.0 Å². The van der Waals surface area contributed by atoms with Crippen molar-refractivity contribution in [2.75, 3.05) is 33.2 Å². The fourth-order valence-corrected chi connectivity index (χ4v) is 3.29. The van der Waals surface area contributed by atoms with Crippen LogP contribution in [-0.2, 0) is 0 Å². The lowest BCUT2D eigenvalue weighted by molar-refractivity contribution is 0.0679. The third-order valence-electron chi connectivity index (χ3n) is 4.51. The highest BCUT2D eigenvalue weighted by Crippen LogP contribution is 2.43. The molecule has 3 rings (SSSR count). The van der Waals surface area contributed by atoms with Crippen molar-refractivity contribution in [1.82, 2.24) is 4.90 Å². The van der Waals surface area contributed by atoms with E-state index in [9.17, 15) is 4.79 Å². The van der Waals surface area contributed by atoms with E-state index < -0.39 is 6.17 Å². The number of benzene rings is 2. The SMILES string of the molecule is CCCN1C(=O)c2ccccc2N[C@@H]1c1c(OC)cc(OC)cc1OC. The molecule has 1 amide bonds. The fourth-order valence-electron chi connectivity index (χ4n) is 3.29. The summed E-state index contributed by atoms with van der Waals surface area (Å²) >= 11 is 0. The molecule has 1 aliphatic heterocycles. The van der Waals surface area contributed by atoms with Gasteiger partial charge in [0.2, 0.25) is 0 Å². The Hall–Kier alpha value is -2.89. The van der Waals surface area contributed by atoms with Crippen LogP contribution in [0.15, 0.2) is 36.4 Å². The van der Waals surface area contributed by atoms with E-state index in [-0.39, 0.29) is 5.91 Å². The maximum absolute atomic E-state index is 13.1. The van der Waals surface area contributed by atoms with Crippen LogP contribution in [0.4, 0.5) is 5.69 Å². The van der Waals surface area contributed by atoms with E-state index in [1.165, 1.54) is 0 Å². The lowest BCUT2D eigenvalue weighted by atomic mass is 10.0. The van der Waals surface area contributed by atoms with Crippen molar-refractivity contribution in [3.63, 3.8) is 0 Å². The molecule has 0 saturated heterocycles. The monoisotopic (exact) mass is 356 g/mol. The second kappa shape index (κ2) is 7.56. The largest absolute Gasteiger partial charge is 0.496 e. The molecule has 1 heterocycles. The minimum atomic E-state index is -0.395. The van der Waals surface area contributed by atoms with Crippen LogP contribution < -0.4 is 19.5 Å². The Bertz CT molecular complexity index is 781.